The number of amides is 2. The van der Waals surface area contributed by atoms with Crippen molar-refractivity contribution in [1.82, 2.24) is 14.5 Å². The van der Waals surface area contributed by atoms with Crippen molar-refractivity contribution in [3.63, 3.8) is 0 Å². The first-order valence-corrected chi connectivity index (χ1v) is 13.3. The molecule has 2 aliphatic carbocycles. The number of hydrogen-bond donors (Lipinski definition) is 1. The summed E-state index contributed by atoms with van der Waals surface area (Å²) in [6, 6.07) is 8.45. The summed E-state index contributed by atoms with van der Waals surface area (Å²) in [5, 5.41) is 0. The number of nitrogens with one attached hydrogen (secondary N) is 1. The second-order valence-electron chi connectivity index (χ2n) is 10.1. The molecule has 7 heteroatoms. The molecule has 2 aliphatic heterocycles. The molecule has 4 fully saturated rings. The molecule has 6 nitrogen and oxygen atoms in total. The Bertz CT molecular complexity index is 919. The van der Waals surface area contributed by atoms with Crippen molar-refractivity contribution in [2.24, 2.45) is 11.3 Å². The first-order valence-electron chi connectivity index (χ1n) is 11.4. The average molecular weight is 432 g/mol. The second kappa shape index (κ2) is 7.52. The van der Waals surface area contributed by atoms with Gasteiger partial charge in [0.05, 0.1) is 12.3 Å². The van der Waals surface area contributed by atoms with Crippen LogP contribution in [0.4, 0.5) is 4.79 Å². The molecule has 2 heterocycles. The molecule has 1 spiro atoms. The van der Waals surface area contributed by atoms with Crippen molar-refractivity contribution < 1.29 is 13.2 Å². The van der Waals surface area contributed by atoms with Gasteiger partial charge >= 0.3 is 6.03 Å². The van der Waals surface area contributed by atoms with Crippen LogP contribution >= 0.6 is 0 Å². The minimum absolute atomic E-state index is 0.0835. The first kappa shape index (κ1) is 20.3. The molecule has 0 aromatic heterocycles. The molecule has 1 aromatic carbocycles. The summed E-state index contributed by atoms with van der Waals surface area (Å²) in [7, 11) is -3.35. The Morgan fingerprint density at radius 2 is 1.93 bits per heavy atom. The van der Waals surface area contributed by atoms with Crippen LogP contribution in [0.1, 0.15) is 49.7 Å². The van der Waals surface area contributed by atoms with Crippen molar-refractivity contribution in [3.8, 4) is 0 Å². The maximum Gasteiger partial charge on any atom is 0.320 e. The van der Waals surface area contributed by atoms with Crippen LogP contribution in [-0.4, -0.2) is 62.2 Å². The summed E-state index contributed by atoms with van der Waals surface area (Å²) in [6.45, 7) is 2.30. The number of likely N-dealkylation sites (tertiary alicyclic amines) is 2. The number of rotatable bonds is 7. The zero-order valence-corrected chi connectivity index (χ0v) is 18.7. The lowest BCUT2D eigenvalue weighted by Crippen LogP contribution is -2.54. The highest BCUT2D eigenvalue weighted by atomic mass is 32.2. The Morgan fingerprint density at radius 3 is 2.53 bits per heavy atom. The molecule has 1 aromatic rings. The fourth-order valence-corrected chi connectivity index (χ4v) is 6.13. The van der Waals surface area contributed by atoms with Gasteiger partial charge in [0.25, 0.3) is 0 Å². The lowest BCUT2D eigenvalue weighted by Gasteiger charge is -2.37. The number of sulfonamides is 1. The van der Waals surface area contributed by atoms with E-state index in [4.69, 9.17) is 0 Å². The van der Waals surface area contributed by atoms with Crippen molar-refractivity contribution >= 4 is 16.1 Å². The van der Waals surface area contributed by atoms with E-state index in [0.29, 0.717) is 13.0 Å². The van der Waals surface area contributed by atoms with Crippen LogP contribution in [0.15, 0.2) is 24.3 Å². The standard InChI is InChI=1S/C23H33N3O3S/c1-30(28,29)24-21-20(15-19-5-2-4-18(14-19)9-8-17-6-7-17)26(16-23(21)10-11-23)22(27)25-12-3-13-25/h2,4-5,14,17,20-21,24H,3,6-13,15-16H2,1H3. The van der Waals surface area contributed by atoms with Crippen LogP contribution in [-0.2, 0) is 22.9 Å². The minimum atomic E-state index is -3.35. The van der Waals surface area contributed by atoms with E-state index in [9.17, 15) is 13.2 Å². The number of hydrogen-bond acceptors (Lipinski definition) is 3. The molecule has 0 radical (unpaired) electrons. The predicted octanol–water partition coefficient (Wildman–Crippen LogP) is 2.78. The Balaban J connectivity index is 1.39. The zero-order chi connectivity index (χ0) is 20.9. The molecular formula is C23H33N3O3S. The van der Waals surface area contributed by atoms with E-state index < -0.39 is 10.0 Å². The van der Waals surface area contributed by atoms with Gasteiger partial charge in [0.15, 0.2) is 0 Å². The fraction of sp³-hybridized carbons (Fsp3) is 0.696. The molecule has 1 N–H and O–H groups in total. The highest BCUT2D eigenvalue weighted by Gasteiger charge is 2.61. The number of carbonyl (C=O) groups is 1. The number of carbonyl (C=O) groups excluding carboxylic acids is 1. The minimum Gasteiger partial charge on any atom is -0.325 e. The quantitative estimate of drug-likeness (QED) is 0.722. The van der Waals surface area contributed by atoms with Gasteiger partial charge in [-0.15, -0.1) is 0 Å². The third-order valence-electron chi connectivity index (χ3n) is 7.51. The van der Waals surface area contributed by atoms with E-state index >= 15 is 0 Å². The fourth-order valence-electron chi connectivity index (χ4n) is 5.26. The van der Waals surface area contributed by atoms with Gasteiger partial charge in [0.2, 0.25) is 10.0 Å². The largest absolute Gasteiger partial charge is 0.325 e. The van der Waals surface area contributed by atoms with Gasteiger partial charge in [-0.1, -0.05) is 37.1 Å². The topological polar surface area (TPSA) is 69.7 Å². The molecule has 2 saturated carbocycles. The highest BCUT2D eigenvalue weighted by Crippen LogP contribution is 2.55. The Morgan fingerprint density at radius 1 is 1.20 bits per heavy atom. The normalized spacial score (nSPS) is 27.4. The van der Waals surface area contributed by atoms with Crippen molar-refractivity contribution in [1.29, 1.82) is 0 Å². The van der Waals surface area contributed by atoms with E-state index in [0.717, 1.165) is 44.7 Å². The summed E-state index contributed by atoms with van der Waals surface area (Å²) >= 11 is 0. The molecule has 0 bridgehead atoms. The Kier molecular flexibility index (Phi) is 5.09. The third kappa shape index (κ3) is 4.24. The van der Waals surface area contributed by atoms with E-state index in [1.54, 1.807) is 0 Å². The smallest absolute Gasteiger partial charge is 0.320 e. The number of benzene rings is 1. The molecule has 2 unspecified atom stereocenters. The van der Waals surface area contributed by atoms with Crippen LogP contribution in [0, 0.1) is 11.3 Å². The maximum absolute atomic E-state index is 13.2. The van der Waals surface area contributed by atoms with Gasteiger partial charge in [-0.25, -0.2) is 17.9 Å². The monoisotopic (exact) mass is 431 g/mol. The van der Waals surface area contributed by atoms with Gasteiger partial charge < -0.3 is 9.80 Å². The molecule has 30 heavy (non-hydrogen) atoms. The van der Waals surface area contributed by atoms with Gasteiger partial charge in [0, 0.05) is 31.1 Å². The van der Waals surface area contributed by atoms with Crippen molar-refractivity contribution in [3.05, 3.63) is 35.4 Å². The van der Waals surface area contributed by atoms with E-state index in [-0.39, 0.29) is 23.5 Å². The average Bonchev–Trinajstić information content (AvgIpc) is 3.55. The summed E-state index contributed by atoms with van der Waals surface area (Å²) in [6.07, 6.45) is 10.1. The SMILES string of the molecule is CS(=O)(=O)NC1C(Cc2cccc(CCC3CC3)c2)N(C(=O)N2CCC2)CC12CC2. The van der Waals surface area contributed by atoms with Crippen LogP contribution < -0.4 is 4.72 Å². The van der Waals surface area contributed by atoms with Crippen LogP contribution in [0.2, 0.25) is 0 Å². The molecule has 5 rings (SSSR count). The lowest BCUT2D eigenvalue weighted by molar-refractivity contribution is 0.120. The number of nitrogens with zero attached hydrogens (tertiary/aromatic N) is 2. The molecule has 2 amide bonds. The van der Waals surface area contributed by atoms with Gasteiger partial charge in [0.1, 0.15) is 0 Å². The Labute approximate surface area is 180 Å². The molecule has 4 aliphatic rings. The number of aryl methyl sites for hydroxylation is 1. The van der Waals surface area contributed by atoms with E-state index in [1.165, 1.54) is 36.6 Å². The first-order chi connectivity index (χ1) is 14.3. The van der Waals surface area contributed by atoms with Crippen LogP contribution in [0.3, 0.4) is 0 Å². The predicted molar refractivity (Wildman–Crippen MR) is 117 cm³/mol. The third-order valence-corrected chi connectivity index (χ3v) is 8.19. The molecule has 2 saturated heterocycles. The Hall–Kier alpha value is -1.60. The van der Waals surface area contributed by atoms with Crippen LogP contribution in [0.25, 0.3) is 0 Å². The summed E-state index contributed by atoms with van der Waals surface area (Å²) in [4.78, 5) is 17.1. The highest BCUT2D eigenvalue weighted by molar-refractivity contribution is 7.88. The van der Waals surface area contributed by atoms with Gasteiger partial charge in [-0.2, -0.15) is 0 Å². The zero-order valence-electron chi connectivity index (χ0n) is 17.8. The van der Waals surface area contributed by atoms with Crippen molar-refractivity contribution in [2.45, 2.75) is 63.5 Å². The van der Waals surface area contributed by atoms with Gasteiger partial charge in [-0.3, -0.25) is 0 Å². The van der Waals surface area contributed by atoms with Crippen LogP contribution in [0.5, 0.6) is 0 Å². The lowest BCUT2D eigenvalue weighted by atomic mass is 9.92. The maximum atomic E-state index is 13.2. The molecule has 164 valence electrons. The molecular weight excluding hydrogens is 398 g/mol. The summed E-state index contributed by atoms with van der Waals surface area (Å²) in [5.74, 6) is 0.909. The summed E-state index contributed by atoms with van der Waals surface area (Å²) in [5.41, 5.74) is 2.47. The number of urea groups is 1. The second-order valence-corrected chi connectivity index (χ2v) is 11.8. The van der Waals surface area contributed by atoms with E-state index in [1.807, 2.05) is 9.80 Å². The van der Waals surface area contributed by atoms with E-state index in [2.05, 4.69) is 29.0 Å². The van der Waals surface area contributed by atoms with Gasteiger partial charge in [-0.05, 0) is 55.6 Å². The van der Waals surface area contributed by atoms with Crippen molar-refractivity contribution in [2.75, 3.05) is 25.9 Å². The summed E-state index contributed by atoms with van der Waals surface area (Å²) < 4.78 is 27.2. The molecule has 2 atom stereocenters.